The monoisotopic (exact) mass is 366 g/mol. The van der Waals surface area contributed by atoms with E-state index in [1.165, 1.54) is 19.3 Å². The molecule has 1 saturated heterocycles. The highest BCUT2D eigenvalue weighted by Crippen LogP contribution is 2.40. The molecule has 3 N–H and O–H groups in total. The predicted octanol–water partition coefficient (Wildman–Crippen LogP) is 3.41. The molecule has 6 heteroatoms. The van der Waals surface area contributed by atoms with E-state index >= 15 is 0 Å². The van der Waals surface area contributed by atoms with Gasteiger partial charge in [-0.2, -0.15) is 16.4 Å². The van der Waals surface area contributed by atoms with Crippen molar-refractivity contribution in [2.75, 3.05) is 13.1 Å². The number of nitrogens with zero attached hydrogens (tertiary/aromatic N) is 1. The summed E-state index contributed by atoms with van der Waals surface area (Å²) in [5.41, 5.74) is 3.65. The highest BCUT2D eigenvalue weighted by molar-refractivity contribution is 7.08. The van der Waals surface area contributed by atoms with E-state index in [9.17, 15) is 4.79 Å². The number of fused-ring (bicyclic) bond motifs is 2. The molecule has 26 heavy (non-hydrogen) atoms. The van der Waals surface area contributed by atoms with Crippen LogP contribution in [0.15, 0.2) is 35.0 Å². The van der Waals surface area contributed by atoms with Crippen LogP contribution >= 0.6 is 11.3 Å². The molecule has 0 bridgehead atoms. The van der Waals surface area contributed by atoms with E-state index in [0.717, 1.165) is 41.2 Å². The largest absolute Gasteiger partial charge is 0.348 e. The van der Waals surface area contributed by atoms with Gasteiger partial charge >= 0.3 is 0 Å². The van der Waals surface area contributed by atoms with Gasteiger partial charge in [-0.15, -0.1) is 0 Å². The summed E-state index contributed by atoms with van der Waals surface area (Å²) >= 11 is 1.66. The molecule has 1 saturated carbocycles. The van der Waals surface area contributed by atoms with Crippen LogP contribution in [0.5, 0.6) is 0 Å². The fourth-order valence-electron chi connectivity index (χ4n) is 4.37. The number of benzene rings is 1. The first-order chi connectivity index (χ1) is 12.8. The van der Waals surface area contributed by atoms with Crippen LogP contribution in [0.2, 0.25) is 0 Å². The van der Waals surface area contributed by atoms with Gasteiger partial charge in [0.2, 0.25) is 0 Å². The lowest BCUT2D eigenvalue weighted by Gasteiger charge is -2.40. The van der Waals surface area contributed by atoms with Crippen molar-refractivity contribution in [1.82, 2.24) is 20.8 Å². The van der Waals surface area contributed by atoms with Crippen molar-refractivity contribution in [1.29, 1.82) is 0 Å². The number of amides is 1. The Kier molecular flexibility index (Phi) is 4.02. The van der Waals surface area contributed by atoms with Crippen LogP contribution in [-0.2, 0) is 0 Å². The Labute approximate surface area is 156 Å². The number of H-pyrrole nitrogens is 1. The summed E-state index contributed by atoms with van der Waals surface area (Å²) in [5.74, 6) is 1.42. The van der Waals surface area contributed by atoms with Gasteiger partial charge in [0.05, 0.1) is 5.52 Å². The first kappa shape index (κ1) is 16.0. The highest BCUT2D eigenvalue weighted by atomic mass is 32.1. The molecule has 1 aliphatic heterocycles. The van der Waals surface area contributed by atoms with Gasteiger partial charge in [0.15, 0.2) is 0 Å². The number of aromatic amines is 1. The Bertz CT molecular complexity index is 933. The lowest BCUT2D eigenvalue weighted by Crippen LogP contribution is -2.49. The Balaban J connectivity index is 1.38. The first-order valence-corrected chi connectivity index (χ1v) is 10.3. The lowest BCUT2D eigenvalue weighted by atomic mass is 9.69. The molecule has 3 aromatic rings. The molecule has 2 aliphatic rings. The van der Waals surface area contributed by atoms with Crippen molar-refractivity contribution in [3.8, 4) is 11.3 Å². The molecule has 5 rings (SSSR count). The van der Waals surface area contributed by atoms with Crippen molar-refractivity contribution in [2.45, 2.75) is 25.3 Å². The fraction of sp³-hybridized carbons (Fsp3) is 0.400. The number of hydrogen-bond acceptors (Lipinski definition) is 4. The van der Waals surface area contributed by atoms with Gasteiger partial charge in [0.25, 0.3) is 5.91 Å². The quantitative estimate of drug-likeness (QED) is 0.665. The maximum Gasteiger partial charge on any atom is 0.251 e. The van der Waals surface area contributed by atoms with Crippen LogP contribution in [0.3, 0.4) is 0 Å². The van der Waals surface area contributed by atoms with E-state index < -0.39 is 0 Å². The van der Waals surface area contributed by atoms with Gasteiger partial charge in [0.1, 0.15) is 5.69 Å². The average molecular weight is 366 g/mol. The third-order valence-corrected chi connectivity index (χ3v) is 6.67. The molecule has 3 heterocycles. The Morgan fingerprint density at radius 2 is 2.19 bits per heavy atom. The van der Waals surface area contributed by atoms with Crippen molar-refractivity contribution >= 4 is 28.1 Å². The molecule has 5 nitrogen and oxygen atoms in total. The number of hydrogen-bond donors (Lipinski definition) is 3. The minimum atomic E-state index is 0.0120. The maximum atomic E-state index is 12.8. The number of thiophene rings is 1. The number of carbonyl (C=O) groups excluding carboxylic acids is 1. The topological polar surface area (TPSA) is 69.8 Å². The molecular formula is C20H22N4OS. The molecule has 0 spiro atoms. The van der Waals surface area contributed by atoms with E-state index in [2.05, 4.69) is 32.3 Å². The van der Waals surface area contributed by atoms with Crippen molar-refractivity contribution < 1.29 is 4.79 Å². The fourth-order valence-corrected chi connectivity index (χ4v) is 5.01. The molecule has 0 radical (unpaired) electrons. The molecule has 2 aromatic heterocycles. The van der Waals surface area contributed by atoms with Crippen molar-refractivity contribution in [3.63, 3.8) is 0 Å². The summed E-state index contributed by atoms with van der Waals surface area (Å²) in [7, 11) is 0. The zero-order valence-electron chi connectivity index (χ0n) is 14.5. The second-order valence-corrected chi connectivity index (χ2v) is 8.20. The van der Waals surface area contributed by atoms with Crippen LogP contribution < -0.4 is 10.6 Å². The number of rotatable bonds is 3. The second-order valence-electron chi connectivity index (χ2n) is 7.42. The molecule has 2 unspecified atom stereocenters. The summed E-state index contributed by atoms with van der Waals surface area (Å²) in [6.07, 6.45) is 3.79. The van der Waals surface area contributed by atoms with Crippen molar-refractivity contribution in [3.05, 3.63) is 40.6 Å². The SMILES string of the molecule is O=C(N[C@H]1CNCCC2CCC21)c1ccc2c(-c3ccsc3)n[nH]c2c1. The molecule has 1 amide bonds. The maximum absolute atomic E-state index is 12.8. The van der Waals surface area contributed by atoms with E-state index in [1.807, 2.05) is 23.6 Å². The Morgan fingerprint density at radius 3 is 3.00 bits per heavy atom. The van der Waals surface area contributed by atoms with Gasteiger partial charge in [-0.25, -0.2) is 0 Å². The van der Waals surface area contributed by atoms with Crippen LogP contribution in [0, 0.1) is 11.8 Å². The minimum absolute atomic E-state index is 0.0120. The van der Waals surface area contributed by atoms with Gasteiger partial charge in [-0.05, 0) is 67.3 Å². The molecule has 1 aliphatic carbocycles. The van der Waals surface area contributed by atoms with E-state index in [4.69, 9.17) is 0 Å². The highest BCUT2D eigenvalue weighted by Gasteiger charge is 2.38. The van der Waals surface area contributed by atoms with Gasteiger partial charge < -0.3 is 10.6 Å². The Morgan fingerprint density at radius 1 is 1.23 bits per heavy atom. The normalized spacial score (nSPS) is 25.3. The molecular weight excluding hydrogens is 344 g/mol. The number of nitrogens with one attached hydrogen (secondary N) is 3. The standard InChI is InChI=1S/C20H22N4OS/c25-20(22-18-10-21-7-5-12-1-3-15(12)18)13-2-4-16-17(9-13)23-24-19(16)14-6-8-26-11-14/h2,4,6,8-9,11-12,15,18,21H,1,3,5,7,10H2,(H,22,25)(H,23,24)/t12?,15?,18-/m0/s1. The van der Waals surface area contributed by atoms with Gasteiger partial charge in [-0.3, -0.25) is 9.89 Å². The van der Waals surface area contributed by atoms with Gasteiger partial charge in [-0.1, -0.05) is 0 Å². The van der Waals surface area contributed by atoms with Crippen molar-refractivity contribution in [2.24, 2.45) is 11.8 Å². The summed E-state index contributed by atoms with van der Waals surface area (Å²) in [4.78, 5) is 12.8. The van der Waals surface area contributed by atoms with Gasteiger partial charge in [0, 0.05) is 34.5 Å². The summed E-state index contributed by atoms with van der Waals surface area (Å²) in [6, 6.07) is 8.12. The molecule has 3 atom stereocenters. The zero-order chi connectivity index (χ0) is 17.5. The van der Waals surface area contributed by atoms with Crippen LogP contribution in [-0.4, -0.2) is 35.2 Å². The van der Waals surface area contributed by atoms with Crippen LogP contribution in [0.4, 0.5) is 0 Å². The predicted molar refractivity (Wildman–Crippen MR) is 104 cm³/mol. The minimum Gasteiger partial charge on any atom is -0.348 e. The van der Waals surface area contributed by atoms with Crippen LogP contribution in [0.1, 0.15) is 29.6 Å². The van der Waals surface area contributed by atoms with E-state index in [0.29, 0.717) is 11.5 Å². The first-order valence-electron chi connectivity index (χ1n) is 9.32. The van der Waals surface area contributed by atoms with E-state index in [-0.39, 0.29) is 11.9 Å². The molecule has 1 aromatic carbocycles. The number of aromatic nitrogens is 2. The summed E-state index contributed by atoms with van der Waals surface area (Å²) < 4.78 is 0. The summed E-state index contributed by atoms with van der Waals surface area (Å²) in [6.45, 7) is 1.94. The molecule has 134 valence electrons. The third-order valence-electron chi connectivity index (χ3n) is 5.99. The number of carbonyl (C=O) groups is 1. The Hall–Kier alpha value is -2.18. The zero-order valence-corrected chi connectivity index (χ0v) is 15.3. The average Bonchev–Trinajstić information content (AvgIpc) is 3.26. The molecule has 2 fully saturated rings. The smallest absolute Gasteiger partial charge is 0.251 e. The summed E-state index contributed by atoms with van der Waals surface area (Å²) in [5, 5.41) is 19.4. The lowest BCUT2D eigenvalue weighted by molar-refractivity contribution is 0.0848. The van der Waals surface area contributed by atoms with Crippen LogP contribution in [0.25, 0.3) is 22.2 Å². The van der Waals surface area contributed by atoms with E-state index in [1.54, 1.807) is 11.3 Å². The second kappa shape index (κ2) is 6.52. The third kappa shape index (κ3) is 2.73.